The van der Waals surface area contributed by atoms with Gasteiger partial charge >= 0.3 is 6.03 Å². The van der Waals surface area contributed by atoms with E-state index in [0.29, 0.717) is 17.5 Å². The summed E-state index contributed by atoms with van der Waals surface area (Å²) in [6.07, 6.45) is 0.954. The molecule has 104 valence electrons. The van der Waals surface area contributed by atoms with E-state index < -0.39 is 0 Å². The third kappa shape index (κ3) is 3.17. The van der Waals surface area contributed by atoms with Gasteiger partial charge in [0, 0.05) is 19.6 Å². The summed E-state index contributed by atoms with van der Waals surface area (Å²) in [7, 11) is 1.60. The zero-order chi connectivity index (χ0) is 13.7. The van der Waals surface area contributed by atoms with Crippen LogP contribution in [0.2, 0.25) is 0 Å². The highest BCUT2D eigenvalue weighted by Crippen LogP contribution is 2.23. The lowest BCUT2D eigenvalue weighted by molar-refractivity contribution is 0.161. The maximum atomic E-state index is 12.3. The first kappa shape index (κ1) is 13.7. The van der Waals surface area contributed by atoms with Gasteiger partial charge in [-0.05, 0) is 18.6 Å². The molecule has 2 amide bonds. The Morgan fingerprint density at radius 3 is 2.79 bits per heavy atom. The smallest absolute Gasteiger partial charge is 0.322 e. The van der Waals surface area contributed by atoms with Crippen molar-refractivity contribution in [2.75, 3.05) is 32.1 Å². The van der Waals surface area contributed by atoms with Crippen LogP contribution in [0, 0.1) is 0 Å². The van der Waals surface area contributed by atoms with E-state index in [1.165, 1.54) is 0 Å². The van der Waals surface area contributed by atoms with Crippen LogP contribution in [0.1, 0.15) is 13.3 Å². The van der Waals surface area contributed by atoms with E-state index in [-0.39, 0.29) is 6.03 Å². The maximum Gasteiger partial charge on any atom is 0.322 e. The minimum absolute atomic E-state index is 0.0575. The van der Waals surface area contributed by atoms with Crippen LogP contribution < -0.4 is 15.4 Å². The standard InChI is InChI=1S/C14H21N3O2/c1-3-8-17(11-9-15-10-11)14(18)16-12-6-4-5-7-13(12)19-2/h4-7,11,15H,3,8-10H2,1-2H3,(H,16,18). The molecule has 1 aromatic carbocycles. The van der Waals surface area contributed by atoms with Crippen molar-refractivity contribution in [1.82, 2.24) is 10.2 Å². The zero-order valence-electron chi connectivity index (χ0n) is 11.5. The van der Waals surface area contributed by atoms with Crippen molar-refractivity contribution in [3.05, 3.63) is 24.3 Å². The molecule has 0 aliphatic carbocycles. The molecule has 0 aromatic heterocycles. The Morgan fingerprint density at radius 1 is 1.47 bits per heavy atom. The molecule has 0 spiro atoms. The average Bonchev–Trinajstić information content (AvgIpc) is 2.36. The van der Waals surface area contributed by atoms with Crippen molar-refractivity contribution in [3.8, 4) is 5.75 Å². The van der Waals surface area contributed by atoms with E-state index in [1.807, 2.05) is 29.2 Å². The van der Waals surface area contributed by atoms with Crippen LogP contribution in [0.3, 0.4) is 0 Å². The normalized spacial score (nSPS) is 14.6. The predicted octanol–water partition coefficient (Wildman–Crippen LogP) is 1.91. The predicted molar refractivity (Wildman–Crippen MR) is 75.7 cm³/mol. The SMILES string of the molecule is CCCN(C(=O)Nc1ccccc1OC)C1CNC1. The number of nitrogens with zero attached hydrogens (tertiary/aromatic N) is 1. The van der Waals surface area contributed by atoms with E-state index in [2.05, 4.69) is 17.6 Å². The molecule has 19 heavy (non-hydrogen) atoms. The quantitative estimate of drug-likeness (QED) is 0.853. The number of carbonyl (C=O) groups excluding carboxylic acids is 1. The fourth-order valence-electron chi connectivity index (χ4n) is 2.12. The molecule has 1 fully saturated rings. The molecule has 1 aliphatic rings. The van der Waals surface area contributed by atoms with Gasteiger partial charge in [0.25, 0.3) is 0 Å². The Kier molecular flexibility index (Phi) is 4.63. The number of anilines is 1. The van der Waals surface area contributed by atoms with Crippen molar-refractivity contribution in [3.63, 3.8) is 0 Å². The van der Waals surface area contributed by atoms with Crippen molar-refractivity contribution >= 4 is 11.7 Å². The summed E-state index contributed by atoms with van der Waals surface area (Å²) in [6, 6.07) is 7.69. The highest BCUT2D eigenvalue weighted by molar-refractivity contribution is 5.91. The first-order chi connectivity index (χ1) is 9.26. The third-order valence-corrected chi connectivity index (χ3v) is 3.27. The van der Waals surface area contributed by atoms with Gasteiger partial charge in [0.15, 0.2) is 0 Å². The molecule has 1 heterocycles. The van der Waals surface area contributed by atoms with Crippen LogP contribution >= 0.6 is 0 Å². The van der Waals surface area contributed by atoms with Gasteiger partial charge < -0.3 is 20.3 Å². The molecule has 5 heteroatoms. The molecule has 1 aromatic rings. The van der Waals surface area contributed by atoms with E-state index in [4.69, 9.17) is 4.74 Å². The summed E-state index contributed by atoms with van der Waals surface area (Å²) in [4.78, 5) is 14.2. The molecule has 0 atom stereocenters. The molecule has 0 unspecified atom stereocenters. The van der Waals surface area contributed by atoms with Crippen LogP contribution in [0.4, 0.5) is 10.5 Å². The fraction of sp³-hybridized carbons (Fsp3) is 0.500. The second-order valence-corrected chi connectivity index (χ2v) is 4.64. The molecule has 2 N–H and O–H groups in total. The van der Waals surface area contributed by atoms with E-state index >= 15 is 0 Å². The Bertz CT molecular complexity index is 432. The summed E-state index contributed by atoms with van der Waals surface area (Å²) in [5, 5.41) is 6.12. The minimum atomic E-state index is -0.0575. The first-order valence-corrected chi connectivity index (χ1v) is 6.67. The number of methoxy groups -OCH3 is 1. The zero-order valence-corrected chi connectivity index (χ0v) is 11.5. The van der Waals surface area contributed by atoms with Gasteiger partial charge in [-0.3, -0.25) is 0 Å². The Labute approximate surface area is 113 Å². The first-order valence-electron chi connectivity index (χ1n) is 6.67. The number of hydrogen-bond acceptors (Lipinski definition) is 3. The monoisotopic (exact) mass is 263 g/mol. The minimum Gasteiger partial charge on any atom is -0.495 e. The van der Waals surface area contributed by atoms with Gasteiger partial charge in [-0.15, -0.1) is 0 Å². The van der Waals surface area contributed by atoms with E-state index in [9.17, 15) is 4.79 Å². The number of benzene rings is 1. The Hall–Kier alpha value is -1.75. The second kappa shape index (κ2) is 6.43. The molecule has 2 rings (SSSR count). The number of ether oxygens (including phenoxy) is 1. The molecular weight excluding hydrogens is 242 g/mol. The lowest BCUT2D eigenvalue weighted by Gasteiger charge is -2.38. The van der Waals surface area contributed by atoms with Crippen LogP contribution in [0.25, 0.3) is 0 Å². The molecular formula is C14H21N3O2. The van der Waals surface area contributed by atoms with Gasteiger partial charge in [0.05, 0.1) is 18.8 Å². The number of urea groups is 1. The van der Waals surface area contributed by atoms with Crippen LogP contribution in [-0.2, 0) is 0 Å². The van der Waals surface area contributed by atoms with E-state index in [1.54, 1.807) is 7.11 Å². The fourth-order valence-corrected chi connectivity index (χ4v) is 2.12. The summed E-state index contributed by atoms with van der Waals surface area (Å²) < 4.78 is 5.24. The number of carbonyl (C=O) groups is 1. The Balaban J connectivity index is 2.05. The summed E-state index contributed by atoms with van der Waals surface area (Å²) in [5.41, 5.74) is 0.711. The molecule has 1 saturated heterocycles. The van der Waals surface area contributed by atoms with Crippen LogP contribution in [0.5, 0.6) is 5.75 Å². The molecule has 1 aliphatic heterocycles. The highest BCUT2D eigenvalue weighted by Gasteiger charge is 2.28. The number of amides is 2. The average molecular weight is 263 g/mol. The van der Waals surface area contributed by atoms with Crippen LogP contribution in [-0.4, -0.2) is 43.7 Å². The lowest BCUT2D eigenvalue weighted by atomic mass is 10.1. The number of para-hydroxylation sites is 2. The van der Waals surface area contributed by atoms with Crippen molar-refractivity contribution < 1.29 is 9.53 Å². The molecule has 0 bridgehead atoms. The summed E-state index contributed by atoms with van der Waals surface area (Å²) >= 11 is 0. The topological polar surface area (TPSA) is 53.6 Å². The highest BCUT2D eigenvalue weighted by atomic mass is 16.5. The number of nitrogens with one attached hydrogen (secondary N) is 2. The van der Waals surface area contributed by atoms with Crippen molar-refractivity contribution in [1.29, 1.82) is 0 Å². The number of rotatable bonds is 5. The second-order valence-electron chi connectivity index (χ2n) is 4.64. The lowest BCUT2D eigenvalue weighted by Crippen LogP contribution is -2.59. The maximum absolute atomic E-state index is 12.3. The van der Waals surface area contributed by atoms with E-state index in [0.717, 1.165) is 26.1 Å². The van der Waals surface area contributed by atoms with Gasteiger partial charge in [0.2, 0.25) is 0 Å². The number of hydrogen-bond donors (Lipinski definition) is 2. The van der Waals surface area contributed by atoms with Crippen molar-refractivity contribution in [2.24, 2.45) is 0 Å². The summed E-state index contributed by atoms with van der Waals surface area (Å²) in [6.45, 7) is 4.60. The summed E-state index contributed by atoms with van der Waals surface area (Å²) in [5.74, 6) is 0.680. The van der Waals surface area contributed by atoms with Gasteiger partial charge in [-0.1, -0.05) is 19.1 Å². The largest absolute Gasteiger partial charge is 0.495 e. The van der Waals surface area contributed by atoms with Gasteiger partial charge in [0.1, 0.15) is 5.75 Å². The van der Waals surface area contributed by atoms with Gasteiger partial charge in [-0.25, -0.2) is 4.79 Å². The molecule has 0 saturated carbocycles. The third-order valence-electron chi connectivity index (χ3n) is 3.27. The van der Waals surface area contributed by atoms with Crippen molar-refractivity contribution in [2.45, 2.75) is 19.4 Å². The van der Waals surface area contributed by atoms with Gasteiger partial charge in [-0.2, -0.15) is 0 Å². The Morgan fingerprint density at radius 2 is 2.21 bits per heavy atom. The molecule has 5 nitrogen and oxygen atoms in total. The molecule has 0 radical (unpaired) electrons. The van der Waals surface area contributed by atoms with Crippen LogP contribution in [0.15, 0.2) is 24.3 Å².